The highest BCUT2D eigenvalue weighted by Crippen LogP contribution is 2.61. The SMILES string of the molecule is CCCN1C(=O)C(C#N)=C(C)/C(=C\c2cn(-c3ccccc3)nc2C23CC4CC(CC(C4)C2)C3)C1=O. The van der Waals surface area contributed by atoms with E-state index in [1.807, 2.05) is 54.2 Å². The van der Waals surface area contributed by atoms with Crippen LogP contribution >= 0.6 is 0 Å². The van der Waals surface area contributed by atoms with Crippen LogP contribution in [-0.4, -0.2) is 33.0 Å². The van der Waals surface area contributed by atoms with E-state index in [-0.39, 0.29) is 16.9 Å². The third-order valence-electron chi connectivity index (χ3n) is 8.88. The fourth-order valence-corrected chi connectivity index (χ4v) is 7.73. The van der Waals surface area contributed by atoms with E-state index in [1.165, 1.54) is 24.2 Å². The second kappa shape index (κ2) is 8.58. The van der Waals surface area contributed by atoms with Crippen LogP contribution in [0, 0.1) is 29.1 Å². The number of aromatic nitrogens is 2. The highest BCUT2D eigenvalue weighted by molar-refractivity contribution is 6.19. The van der Waals surface area contributed by atoms with E-state index in [4.69, 9.17) is 5.10 Å². The van der Waals surface area contributed by atoms with Crippen molar-refractivity contribution >= 4 is 17.9 Å². The number of imide groups is 1. The first-order valence-corrected chi connectivity index (χ1v) is 13.3. The summed E-state index contributed by atoms with van der Waals surface area (Å²) in [6, 6.07) is 12.1. The third-order valence-corrected chi connectivity index (χ3v) is 8.88. The van der Waals surface area contributed by atoms with Gasteiger partial charge in [-0.3, -0.25) is 14.5 Å². The molecule has 0 radical (unpaired) electrons. The van der Waals surface area contributed by atoms with E-state index >= 15 is 0 Å². The highest BCUT2D eigenvalue weighted by atomic mass is 16.2. The van der Waals surface area contributed by atoms with Crippen LogP contribution in [0.15, 0.2) is 53.2 Å². The van der Waals surface area contributed by atoms with Crippen LogP contribution in [-0.2, 0) is 15.0 Å². The lowest BCUT2D eigenvalue weighted by Crippen LogP contribution is -2.49. The van der Waals surface area contributed by atoms with Gasteiger partial charge < -0.3 is 0 Å². The molecule has 36 heavy (non-hydrogen) atoms. The minimum Gasteiger partial charge on any atom is -0.274 e. The smallest absolute Gasteiger partial charge is 0.271 e. The molecular formula is C30H32N4O2. The second-order valence-corrected chi connectivity index (χ2v) is 11.3. The molecule has 6 heteroatoms. The Kier molecular flexibility index (Phi) is 5.48. The molecule has 0 unspecified atom stereocenters. The largest absolute Gasteiger partial charge is 0.274 e. The molecule has 0 spiro atoms. The number of hydrogen-bond donors (Lipinski definition) is 0. The molecule has 7 rings (SSSR count). The van der Waals surface area contributed by atoms with Crippen LogP contribution in [0.5, 0.6) is 0 Å². The van der Waals surface area contributed by atoms with Crippen LogP contribution in [0.4, 0.5) is 0 Å². The topological polar surface area (TPSA) is 79.0 Å². The lowest BCUT2D eigenvalue weighted by molar-refractivity contribution is -0.140. The third kappa shape index (κ3) is 3.56. The van der Waals surface area contributed by atoms with Gasteiger partial charge in [0, 0.05) is 29.3 Å². The molecule has 2 aromatic rings. The molecule has 1 aromatic heterocycles. The molecule has 2 heterocycles. The Balaban J connectivity index is 1.52. The summed E-state index contributed by atoms with van der Waals surface area (Å²) in [5, 5.41) is 14.9. The first-order valence-electron chi connectivity index (χ1n) is 13.3. The number of hydrogen-bond acceptors (Lipinski definition) is 4. The summed E-state index contributed by atoms with van der Waals surface area (Å²) in [4.78, 5) is 27.6. The van der Waals surface area contributed by atoms with E-state index in [9.17, 15) is 14.9 Å². The Morgan fingerprint density at radius 3 is 2.28 bits per heavy atom. The van der Waals surface area contributed by atoms with Gasteiger partial charge in [0.15, 0.2) is 0 Å². The Labute approximate surface area is 212 Å². The molecular weight excluding hydrogens is 448 g/mol. The van der Waals surface area contributed by atoms with E-state index in [1.54, 1.807) is 6.92 Å². The van der Waals surface area contributed by atoms with Crippen molar-refractivity contribution in [3.8, 4) is 11.8 Å². The normalized spacial score (nSPS) is 30.4. The zero-order valence-electron chi connectivity index (χ0n) is 21.0. The Morgan fingerprint density at radius 1 is 1.06 bits per heavy atom. The summed E-state index contributed by atoms with van der Waals surface area (Å²) in [6.45, 7) is 3.95. The average Bonchev–Trinajstić information content (AvgIpc) is 3.30. The standard InChI is InChI=1S/C30H32N4O2/c1-3-9-33-28(35)25(19(2)26(17-31)29(33)36)13-23-18-34(24-7-5-4-6-8-24)32-27(23)30-14-20-10-21(15-30)12-22(11-20)16-30/h4-8,13,18,20-22H,3,9-12,14-16H2,1-2H3/b25-13+. The van der Waals surface area contributed by atoms with Crippen LogP contribution in [0.25, 0.3) is 11.8 Å². The summed E-state index contributed by atoms with van der Waals surface area (Å²) < 4.78 is 1.94. The zero-order chi connectivity index (χ0) is 25.0. The maximum absolute atomic E-state index is 13.5. The Hall–Kier alpha value is -3.46. The summed E-state index contributed by atoms with van der Waals surface area (Å²) in [5.41, 5.74) is 3.98. The first-order chi connectivity index (χ1) is 17.4. The molecule has 5 aliphatic rings. The molecule has 1 aromatic carbocycles. The van der Waals surface area contributed by atoms with Gasteiger partial charge in [0.2, 0.25) is 0 Å². The molecule has 0 saturated heterocycles. The first kappa shape index (κ1) is 23.0. The molecule has 2 amide bonds. The Bertz CT molecular complexity index is 1310. The molecule has 1 aliphatic heterocycles. The summed E-state index contributed by atoms with van der Waals surface area (Å²) >= 11 is 0. The Morgan fingerprint density at radius 2 is 1.69 bits per heavy atom. The number of rotatable bonds is 5. The van der Waals surface area contributed by atoms with Crippen molar-refractivity contribution < 1.29 is 9.59 Å². The molecule has 4 bridgehead atoms. The second-order valence-electron chi connectivity index (χ2n) is 11.3. The van der Waals surface area contributed by atoms with Gasteiger partial charge in [-0.05, 0) is 93.4 Å². The van der Waals surface area contributed by atoms with Crippen LogP contribution in [0.1, 0.15) is 70.1 Å². The number of carbonyl (C=O) groups is 2. The van der Waals surface area contributed by atoms with Gasteiger partial charge in [-0.1, -0.05) is 25.1 Å². The molecule has 4 aliphatic carbocycles. The van der Waals surface area contributed by atoms with Gasteiger partial charge in [-0.2, -0.15) is 10.4 Å². The van der Waals surface area contributed by atoms with Gasteiger partial charge >= 0.3 is 0 Å². The average molecular weight is 481 g/mol. The zero-order valence-corrected chi connectivity index (χ0v) is 21.0. The molecule has 4 fully saturated rings. The van der Waals surface area contributed by atoms with Crippen LogP contribution in [0.2, 0.25) is 0 Å². The molecule has 0 N–H and O–H groups in total. The summed E-state index contributed by atoms with van der Waals surface area (Å²) in [5.74, 6) is 1.49. The number of nitriles is 1. The van der Waals surface area contributed by atoms with Crippen molar-refractivity contribution in [1.82, 2.24) is 14.7 Å². The highest BCUT2D eigenvalue weighted by Gasteiger charge is 2.53. The molecule has 0 atom stereocenters. The van der Waals surface area contributed by atoms with Crippen molar-refractivity contribution in [2.45, 2.75) is 64.2 Å². The van der Waals surface area contributed by atoms with Crippen molar-refractivity contribution in [2.75, 3.05) is 6.54 Å². The number of nitrogens with zero attached hydrogens (tertiary/aromatic N) is 4. The van der Waals surface area contributed by atoms with E-state index in [0.717, 1.165) is 54.0 Å². The number of para-hydroxylation sites is 1. The van der Waals surface area contributed by atoms with E-state index in [2.05, 4.69) is 6.07 Å². The van der Waals surface area contributed by atoms with Gasteiger partial charge in [-0.15, -0.1) is 0 Å². The van der Waals surface area contributed by atoms with Crippen molar-refractivity contribution in [3.63, 3.8) is 0 Å². The number of carbonyl (C=O) groups excluding carboxylic acids is 2. The van der Waals surface area contributed by atoms with Crippen molar-refractivity contribution in [1.29, 1.82) is 5.26 Å². The minimum absolute atomic E-state index is 0.0352. The maximum atomic E-state index is 13.5. The lowest BCUT2D eigenvalue weighted by Gasteiger charge is -2.56. The number of amides is 2. The summed E-state index contributed by atoms with van der Waals surface area (Å²) in [6.07, 6.45) is 12.1. The van der Waals surface area contributed by atoms with Crippen LogP contribution in [0.3, 0.4) is 0 Å². The predicted molar refractivity (Wildman–Crippen MR) is 137 cm³/mol. The van der Waals surface area contributed by atoms with E-state index < -0.39 is 5.91 Å². The predicted octanol–water partition coefficient (Wildman–Crippen LogP) is 5.34. The van der Waals surface area contributed by atoms with E-state index in [0.29, 0.717) is 24.1 Å². The van der Waals surface area contributed by atoms with Gasteiger partial charge in [0.25, 0.3) is 11.8 Å². The molecule has 6 nitrogen and oxygen atoms in total. The monoisotopic (exact) mass is 480 g/mol. The minimum atomic E-state index is -0.486. The van der Waals surface area contributed by atoms with Crippen LogP contribution < -0.4 is 0 Å². The molecule has 184 valence electrons. The van der Waals surface area contributed by atoms with Gasteiger partial charge in [-0.25, -0.2) is 4.68 Å². The maximum Gasteiger partial charge on any atom is 0.271 e. The molecule has 4 saturated carbocycles. The van der Waals surface area contributed by atoms with Crippen molar-refractivity contribution in [3.05, 3.63) is 64.5 Å². The van der Waals surface area contributed by atoms with Gasteiger partial charge in [0.05, 0.1) is 11.4 Å². The quantitative estimate of drug-likeness (QED) is 0.427. The lowest BCUT2D eigenvalue weighted by atomic mass is 9.48. The fraction of sp³-hybridized carbons (Fsp3) is 0.467. The van der Waals surface area contributed by atoms with Crippen molar-refractivity contribution in [2.24, 2.45) is 17.8 Å². The fourth-order valence-electron chi connectivity index (χ4n) is 7.73. The van der Waals surface area contributed by atoms with Gasteiger partial charge in [0.1, 0.15) is 11.6 Å². The summed E-state index contributed by atoms with van der Waals surface area (Å²) in [7, 11) is 0. The number of benzene rings is 1.